The lowest BCUT2D eigenvalue weighted by Crippen LogP contribution is -2.51. The van der Waals surface area contributed by atoms with Gasteiger partial charge in [-0.1, -0.05) is 233 Å². The lowest BCUT2D eigenvalue weighted by molar-refractivity contribution is -0.149. The predicted molar refractivity (Wildman–Crippen MR) is 354 cm³/mol. The molecule has 0 radical (unpaired) electrons. The number of hydrogen-bond donors (Lipinski definition) is 1. The number of rotatable bonds is 8. The zero-order chi connectivity index (χ0) is 61.7. The molecule has 456 valence electrons. The average Bonchev–Trinajstić information content (AvgIpc) is 1.62. The molecule has 91 heavy (non-hydrogen) atoms. The number of hydrogen-bond acceptors (Lipinski definition) is 10. The van der Waals surface area contributed by atoms with Crippen molar-refractivity contribution in [2.75, 3.05) is 6.54 Å². The van der Waals surface area contributed by atoms with Gasteiger partial charge in [-0.2, -0.15) is 0 Å². The van der Waals surface area contributed by atoms with Crippen LogP contribution in [0.3, 0.4) is 0 Å². The summed E-state index contributed by atoms with van der Waals surface area (Å²) in [5.41, 5.74) is 8.62. The highest BCUT2D eigenvalue weighted by Crippen LogP contribution is 2.48. The van der Waals surface area contributed by atoms with Gasteiger partial charge in [0.05, 0.1) is 6.54 Å². The summed E-state index contributed by atoms with van der Waals surface area (Å²) in [4.78, 5) is 72.2. The van der Waals surface area contributed by atoms with Crippen molar-refractivity contribution in [3.63, 3.8) is 0 Å². The molecule has 9 aromatic rings. The summed E-state index contributed by atoms with van der Waals surface area (Å²) in [6.45, 7) is 5.59. The van der Waals surface area contributed by atoms with Gasteiger partial charge >= 0.3 is 0 Å². The van der Waals surface area contributed by atoms with Crippen LogP contribution in [0.5, 0.6) is 0 Å². The highest BCUT2D eigenvalue weighted by atomic mass is 16.5. The van der Waals surface area contributed by atoms with E-state index >= 15 is 0 Å². The maximum Gasteiger partial charge on any atom is 0.262 e. The van der Waals surface area contributed by atoms with Crippen LogP contribution in [0.1, 0.15) is 113 Å². The van der Waals surface area contributed by atoms with Crippen molar-refractivity contribution in [3.8, 4) is 0 Å². The van der Waals surface area contributed by atoms with Crippen LogP contribution in [0, 0.1) is 0 Å². The molecule has 0 saturated heterocycles. The van der Waals surface area contributed by atoms with Crippen molar-refractivity contribution >= 4 is 41.3 Å². The zero-order valence-electron chi connectivity index (χ0n) is 50.2. The molecule has 0 aromatic heterocycles. The van der Waals surface area contributed by atoms with Crippen molar-refractivity contribution in [1.82, 2.24) is 15.1 Å². The van der Waals surface area contributed by atoms with E-state index in [0.717, 1.165) is 67.6 Å². The minimum atomic E-state index is -1.26. The molecule has 1 N–H and O–H groups in total. The van der Waals surface area contributed by atoms with E-state index in [0.29, 0.717) is 56.6 Å². The van der Waals surface area contributed by atoms with E-state index in [2.05, 4.69) is 36.5 Å². The molecule has 0 fully saturated rings. The summed E-state index contributed by atoms with van der Waals surface area (Å²) in [6, 6.07) is 83.2. The van der Waals surface area contributed by atoms with E-state index in [4.69, 9.17) is 29.2 Å². The Kier molecular flexibility index (Phi) is 17.5. The number of ether oxygens (including phenoxy) is 3. The Labute approximate surface area is 531 Å². The minimum absolute atomic E-state index is 0. The second-order valence-electron chi connectivity index (χ2n) is 23.5. The third kappa shape index (κ3) is 11.9. The van der Waals surface area contributed by atoms with Gasteiger partial charge < -0.3 is 24.4 Å². The Hall–Kier alpha value is -10.5. The topological polar surface area (TPSA) is 152 Å². The van der Waals surface area contributed by atoms with Crippen LogP contribution in [0.25, 0.3) is 0 Å². The Morgan fingerprint density at radius 3 is 1.15 bits per heavy atom. The van der Waals surface area contributed by atoms with Crippen molar-refractivity contribution in [1.29, 1.82) is 0 Å². The zero-order valence-corrected chi connectivity index (χ0v) is 50.2. The number of nitrogens with one attached hydrogen (secondary N) is 1. The van der Waals surface area contributed by atoms with Crippen LogP contribution >= 0.6 is 0 Å². The van der Waals surface area contributed by atoms with E-state index in [1.807, 2.05) is 235 Å². The molecule has 3 spiro atoms. The second-order valence-corrected chi connectivity index (χ2v) is 23.5. The Balaban J connectivity index is 0.000000131. The van der Waals surface area contributed by atoms with Crippen molar-refractivity contribution in [2.24, 2.45) is 15.0 Å². The molecule has 13 heteroatoms. The molecule has 4 amide bonds. The van der Waals surface area contributed by atoms with Crippen LogP contribution < -0.4 is 5.32 Å². The van der Waals surface area contributed by atoms with E-state index in [1.165, 1.54) is 17.4 Å². The molecular formula is C78H72N6O7. The van der Waals surface area contributed by atoms with Gasteiger partial charge in [0.2, 0.25) is 23.6 Å². The number of imide groups is 1. The van der Waals surface area contributed by atoms with E-state index in [-0.39, 0.29) is 37.6 Å². The lowest BCUT2D eigenvalue weighted by Gasteiger charge is -2.33. The van der Waals surface area contributed by atoms with Crippen molar-refractivity contribution < 1.29 is 33.4 Å². The summed E-state index contributed by atoms with van der Waals surface area (Å²) >= 11 is 0. The number of benzene rings is 9. The average molecular weight is 1210 g/mol. The van der Waals surface area contributed by atoms with Gasteiger partial charge in [0.25, 0.3) is 17.7 Å². The monoisotopic (exact) mass is 1200 g/mol. The van der Waals surface area contributed by atoms with Gasteiger partial charge in [-0.05, 0) is 92.9 Å². The van der Waals surface area contributed by atoms with Gasteiger partial charge in [0.1, 0.15) is 0 Å². The van der Waals surface area contributed by atoms with Crippen LogP contribution in [-0.2, 0) is 72.3 Å². The molecule has 6 heterocycles. The molecule has 15 rings (SSSR count). The summed E-state index contributed by atoms with van der Waals surface area (Å²) in [7, 11) is 0. The largest absolute Gasteiger partial charge is 0.466 e. The number of fused-ring (bicyclic) bond motifs is 3. The van der Waals surface area contributed by atoms with Crippen LogP contribution in [0.15, 0.2) is 270 Å². The molecule has 0 saturated carbocycles. The smallest absolute Gasteiger partial charge is 0.262 e. The van der Waals surface area contributed by atoms with Gasteiger partial charge in [-0.15, -0.1) is 0 Å². The number of aliphatic imine (C=N–C) groups is 3. The molecule has 0 unspecified atom stereocenters. The van der Waals surface area contributed by atoms with Crippen molar-refractivity contribution in [2.45, 2.75) is 102 Å². The Bertz CT molecular complexity index is 4190. The normalized spacial score (nSPS) is 22.5. The number of amides is 4. The lowest BCUT2D eigenvalue weighted by atomic mass is 9.82. The van der Waals surface area contributed by atoms with Crippen molar-refractivity contribution in [3.05, 3.63) is 322 Å². The molecule has 6 aliphatic rings. The fourth-order valence-electron chi connectivity index (χ4n) is 13.2. The first-order valence-corrected chi connectivity index (χ1v) is 30.8. The first kappa shape index (κ1) is 60.7. The van der Waals surface area contributed by atoms with Crippen LogP contribution in [0.4, 0.5) is 0 Å². The maximum absolute atomic E-state index is 14.1. The van der Waals surface area contributed by atoms with Gasteiger partial charge in [0.15, 0.2) is 34.9 Å². The fraction of sp³-hybridized carbons (Fsp3) is 0.218. The van der Waals surface area contributed by atoms with E-state index < -0.39 is 34.9 Å². The summed E-state index contributed by atoms with van der Waals surface area (Å²) in [6.07, 6.45) is 0.710. The molecule has 9 aromatic carbocycles. The fourth-order valence-corrected chi connectivity index (χ4v) is 13.2. The summed E-state index contributed by atoms with van der Waals surface area (Å²) in [5.74, 6) is 0.814. The maximum atomic E-state index is 14.1. The Morgan fingerprint density at radius 2 is 0.747 bits per heavy atom. The highest BCUT2D eigenvalue weighted by Gasteiger charge is 2.58. The number of carbonyl (C=O) groups excluding carboxylic acids is 4. The van der Waals surface area contributed by atoms with Crippen LogP contribution in [-0.4, -0.2) is 74.3 Å². The standard InChI is InChI=1S/C27H26N2O2.C26H22N2O3.C24H20N2O2.CH4/c1-2-17-29-19-23-16-10-9-15-22(23)18-27(26(29)30)24(20-11-5-3-6-12-20)31-25(28-27)21-13-7-4-8-14-21;1-18(29)28-17-22-15-9-8-14-21(22)16-26(25(28)30)23(19-10-4-2-5-11-19)31-24(27-26)20-12-6-3-7-13-20;27-23-24(15-19-13-7-8-14-20(19)16-25-23)21(17-9-3-1-4-10-17)28-22(26-24)18-11-5-2-6-12-18;/h3-16,24H,2,17-19H2,1H3;2-15,23H,16-17H2,1H3;1-14,21H,15-16H2,(H,25,27);1H4/t24-,27-;23-,26-;21-,24-;/m000./s1. The first-order valence-electron chi connectivity index (χ1n) is 30.8. The molecule has 0 aliphatic carbocycles. The number of carbonyl (C=O) groups is 4. The molecule has 6 atom stereocenters. The van der Waals surface area contributed by atoms with Gasteiger partial charge in [-0.3, -0.25) is 24.1 Å². The molecule has 6 aliphatic heterocycles. The molecular weight excluding hydrogens is 1130 g/mol. The van der Waals surface area contributed by atoms with Gasteiger partial charge in [-0.25, -0.2) is 15.0 Å². The third-order valence-electron chi connectivity index (χ3n) is 17.7. The molecule has 0 bridgehead atoms. The second kappa shape index (κ2) is 26.3. The molecule has 13 nitrogen and oxygen atoms in total. The quantitative estimate of drug-likeness (QED) is 0.159. The third-order valence-corrected chi connectivity index (χ3v) is 17.7. The first-order chi connectivity index (χ1) is 44.1. The SMILES string of the molecule is C.CC(=O)N1Cc2ccccc2C[C@@]2(N=C(c3ccccc3)O[C@H]2c2ccccc2)C1=O.CCCN1Cc2ccccc2C[C@@]2(N=C(c3ccccc3)O[C@H]2c2ccccc2)C1=O.O=C1NCc2ccccc2C[C@@]12N=C(c1ccccc1)O[C@H]2c1ccccc1. The predicted octanol–water partition coefficient (Wildman–Crippen LogP) is 13.5. The van der Waals surface area contributed by atoms with E-state index in [9.17, 15) is 19.2 Å². The number of nitrogens with zero attached hydrogens (tertiary/aromatic N) is 5. The minimum Gasteiger partial charge on any atom is -0.466 e. The highest BCUT2D eigenvalue weighted by molar-refractivity contribution is 6.06. The van der Waals surface area contributed by atoms with Crippen LogP contribution in [0.2, 0.25) is 0 Å². The summed E-state index contributed by atoms with van der Waals surface area (Å²) < 4.78 is 19.2. The van der Waals surface area contributed by atoms with Gasteiger partial charge in [0, 0.05) is 62.5 Å². The van der Waals surface area contributed by atoms with E-state index in [1.54, 1.807) is 0 Å². The Morgan fingerprint density at radius 1 is 0.429 bits per heavy atom. The summed E-state index contributed by atoms with van der Waals surface area (Å²) in [5, 5.41) is 3.08.